The second-order valence-electron chi connectivity index (χ2n) is 8.08. The molecule has 10 heteroatoms. The molecule has 188 valence electrons. The Bertz CT molecular complexity index is 1390. The molecule has 0 aromatic heterocycles. The summed E-state index contributed by atoms with van der Waals surface area (Å²) in [6.07, 6.45) is 1.56. The first-order chi connectivity index (χ1) is 17.7. The van der Waals surface area contributed by atoms with E-state index >= 15 is 0 Å². The maximum Gasteiger partial charge on any atom is 0.338 e. The van der Waals surface area contributed by atoms with E-state index in [0.717, 1.165) is 22.2 Å². The molecule has 0 bridgehead atoms. The third kappa shape index (κ3) is 6.60. The Labute approximate surface area is 227 Å². The van der Waals surface area contributed by atoms with Crippen molar-refractivity contribution in [1.82, 2.24) is 4.90 Å². The van der Waals surface area contributed by atoms with Crippen LogP contribution in [0.3, 0.4) is 0 Å². The van der Waals surface area contributed by atoms with Crippen molar-refractivity contribution >= 4 is 69.8 Å². The quantitative estimate of drug-likeness (QED) is 0.271. The van der Waals surface area contributed by atoms with Crippen molar-refractivity contribution in [2.45, 2.75) is 13.5 Å². The van der Waals surface area contributed by atoms with Crippen molar-refractivity contribution in [2.24, 2.45) is 0 Å². The van der Waals surface area contributed by atoms with Crippen LogP contribution in [-0.2, 0) is 20.9 Å². The second-order valence-corrected chi connectivity index (χ2v) is 9.89. The largest absolute Gasteiger partial charge is 0.452 e. The number of rotatable bonds is 7. The van der Waals surface area contributed by atoms with Gasteiger partial charge in [-0.3, -0.25) is 19.3 Å². The first kappa shape index (κ1) is 26.5. The minimum absolute atomic E-state index is 0.0389. The molecule has 0 radical (unpaired) electrons. The Morgan fingerprint density at radius 2 is 1.62 bits per heavy atom. The molecule has 1 saturated heterocycles. The van der Waals surface area contributed by atoms with E-state index in [9.17, 15) is 19.2 Å². The minimum Gasteiger partial charge on any atom is -0.452 e. The normalized spacial score (nSPS) is 14.2. The monoisotopic (exact) mass is 554 g/mol. The second kappa shape index (κ2) is 11.6. The molecule has 1 fully saturated rings. The zero-order valence-electron chi connectivity index (χ0n) is 19.5. The maximum absolute atomic E-state index is 12.8. The first-order valence-corrected chi connectivity index (χ1v) is 12.6. The molecule has 1 N–H and O–H groups in total. The van der Waals surface area contributed by atoms with Crippen LogP contribution >= 0.6 is 35.0 Å². The number of imide groups is 1. The molecule has 0 atom stereocenters. The highest BCUT2D eigenvalue weighted by Crippen LogP contribution is 2.35. The topological polar surface area (TPSA) is 92.8 Å². The van der Waals surface area contributed by atoms with Gasteiger partial charge in [-0.05, 0) is 66.7 Å². The van der Waals surface area contributed by atoms with Gasteiger partial charge in [-0.1, -0.05) is 59.1 Å². The lowest BCUT2D eigenvalue weighted by Gasteiger charge is -2.14. The van der Waals surface area contributed by atoms with Crippen LogP contribution in [0.15, 0.2) is 71.6 Å². The number of ether oxygens (including phenoxy) is 1. The van der Waals surface area contributed by atoms with Gasteiger partial charge in [0, 0.05) is 21.3 Å². The van der Waals surface area contributed by atoms with Gasteiger partial charge < -0.3 is 10.1 Å². The van der Waals surface area contributed by atoms with Gasteiger partial charge in [-0.15, -0.1) is 0 Å². The number of carbonyl (C=O) groups is 4. The molecule has 1 heterocycles. The van der Waals surface area contributed by atoms with Crippen molar-refractivity contribution < 1.29 is 23.9 Å². The Balaban J connectivity index is 1.35. The van der Waals surface area contributed by atoms with Crippen LogP contribution in [0.2, 0.25) is 10.0 Å². The van der Waals surface area contributed by atoms with Crippen molar-refractivity contribution in [1.29, 1.82) is 0 Å². The van der Waals surface area contributed by atoms with Crippen LogP contribution < -0.4 is 5.32 Å². The van der Waals surface area contributed by atoms with E-state index in [1.807, 2.05) is 19.1 Å². The molecule has 0 saturated carbocycles. The summed E-state index contributed by atoms with van der Waals surface area (Å²) in [5.41, 5.74) is 3.00. The fraction of sp³-hybridized carbons (Fsp3) is 0.111. The van der Waals surface area contributed by atoms with Crippen molar-refractivity contribution in [2.75, 3.05) is 11.9 Å². The van der Waals surface area contributed by atoms with Crippen LogP contribution in [0.5, 0.6) is 0 Å². The SMILES string of the molecule is Cc1ccc(NC(=O)COC(=O)c2ccc(/C=C3\SC(=O)N(Cc4c(Cl)cccc4Cl)C3=O)cc2)cc1. The lowest BCUT2D eigenvalue weighted by Crippen LogP contribution is -2.27. The van der Waals surface area contributed by atoms with Gasteiger partial charge in [0.1, 0.15) is 0 Å². The summed E-state index contributed by atoms with van der Waals surface area (Å²) in [5, 5.41) is 2.95. The van der Waals surface area contributed by atoms with E-state index in [-0.39, 0.29) is 17.0 Å². The summed E-state index contributed by atoms with van der Waals surface area (Å²) >= 11 is 13.2. The Kier molecular flexibility index (Phi) is 8.33. The van der Waals surface area contributed by atoms with Crippen molar-refractivity contribution in [3.63, 3.8) is 0 Å². The number of hydrogen-bond donors (Lipinski definition) is 1. The molecule has 0 unspecified atom stereocenters. The number of halogens is 2. The minimum atomic E-state index is -0.664. The van der Waals surface area contributed by atoms with Gasteiger partial charge in [0.15, 0.2) is 6.61 Å². The van der Waals surface area contributed by atoms with Crippen LogP contribution in [0, 0.1) is 6.92 Å². The zero-order chi connectivity index (χ0) is 26.5. The molecule has 7 nitrogen and oxygen atoms in total. The Morgan fingerprint density at radius 3 is 2.27 bits per heavy atom. The van der Waals surface area contributed by atoms with E-state index in [0.29, 0.717) is 26.9 Å². The number of aryl methyl sites for hydroxylation is 1. The standard InChI is InChI=1S/C27H20Cl2N2O5S/c1-16-5-11-19(12-6-16)30-24(32)15-36-26(34)18-9-7-17(8-10-18)13-23-25(33)31(27(35)37-23)14-20-21(28)3-2-4-22(20)29/h2-13H,14-15H2,1H3,(H,30,32)/b23-13-. The molecular weight excluding hydrogens is 535 g/mol. The van der Waals surface area contributed by atoms with Crippen LogP contribution in [-0.4, -0.2) is 34.5 Å². The van der Waals surface area contributed by atoms with Gasteiger partial charge in [-0.25, -0.2) is 4.79 Å². The molecule has 0 spiro atoms. The number of carbonyl (C=O) groups excluding carboxylic acids is 4. The van der Waals surface area contributed by atoms with Gasteiger partial charge in [-0.2, -0.15) is 0 Å². The number of thioether (sulfide) groups is 1. The number of nitrogens with one attached hydrogen (secondary N) is 1. The lowest BCUT2D eigenvalue weighted by molar-refractivity contribution is -0.123. The van der Waals surface area contributed by atoms with E-state index in [2.05, 4.69) is 5.32 Å². The molecule has 4 rings (SSSR count). The summed E-state index contributed by atoms with van der Waals surface area (Å²) < 4.78 is 5.08. The average molecular weight is 555 g/mol. The third-order valence-corrected chi connectivity index (χ3v) is 6.98. The predicted octanol–water partition coefficient (Wildman–Crippen LogP) is 6.33. The number of esters is 1. The van der Waals surface area contributed by atoms with Gasteiger partial charge in [0.25, 0.3) is 17.1 Å². The molecule has 1 aliphatic heterocycles. The fourth-order valence-corrected chi connectivity index (χ4v) is 4.75. The van der Waals surface area contributed by atoms with Crippen molar-refractivity contribution in [3.8, 4) is 0 Å². The number of amides is 3. The molecule has 37 heavy (non-hydrogen) atoms. The zero-order valence-corrected chi connectivity index (χ0v) is 21.8. The summed E-state index contributed by atoms with van der Waals surface area (Å²) in [7, 11) is 0. The smallest absolute Gasteiger partial charge is 0.338 e. The summed E-state index contributed by atoms with van der Waals surface area (Å²) in [6.45, 7) is 1.46. The van der Waals surface area contributed by atoms with E-state index < -0.39 is 29.6 Å². The van der Waals surface area contributed by atoms with Crippen LogP contribution in [0.4, 0.5) is 10.5 Å². The van der Waals surface area contributed by atoms with Gasteiger partial charge in [0.05, 0.1) is 17.0 Å². The number of benzene rings is 3. The summed E-state index contributed by atoms with van der Waals surface area (Å²) in [5.74, 6) is -1.58. The summed E-state index contributed by atoms with van der Waals surface area (Å²) in [6, 6.07) is 18.4. The van der Waals surface area contributed by atoms with E-state index in [1.54, 1.807) is 48.5 Å². The molecule has 3 amide bonds. The van der Waals surface area contributed by atoms with Gasteiger partial charge in [0.2, 0.25) is 0 Å². The molecule has 3 aromatic carbocycles. The van der Waals surface area contributed by atoms with E-state index in [1.165, 1.54) is 12.1 Å². The van der Waals surface area contributed by atoms with Crippen LogP contribution in [0.25, 0.3) is 6.08 Å². The average Bonchev–Trinajstić information content (AvgIpc) is 3.13. The molecule has 0 aliphatic carbocycles. The highest BCUT2D eigenvalue weighted by Gasteiger charge is 2.35. The Hall–Kier alpha value is -3.59. The fourth-order valence-electron chi connectivity index (χ4n) is 3.39. The summed E-state index contributed by atoms with van der Waals surface area (Å²) in [4.78, 5) is 51.0. The van der Waals surface area contributed by atoms with Gasteiger partial charge >= 0.3 is 5.97 Å². The highest BCUT2D eigenvalue weighted by atomic mass is 35.5. The third-order valence-electron chi connectivity index (χ3n) is 5.37. The van der Waals surface area contributed by atoms with Crippen LogP contribution in [0.1, 0.15) is 27.0 Å². The number of anilines is 1. The number of nitrogens with zero attached hydrogens (tertiary/aromatic N) is 1. The molecule has 3 aromatic rings. The first-order valence-electron chi connectivity index (χ1n) is 11.0. The number of hydrogen-bond acceptors (Lipinski definition) is 6. The lowest BCUT2D eigenvalue weighted by atomic mass is 10.1. The van der Waals surface area contributed by atoms with Crippen molar-refractivity contribution in [3.05, 3.63) is 104 Å². The maximum atomic E-state index is 12.8. The predicted molar refractivity (Wildman–Crippen MR) is 145 cm³/mol. The highest BCUT2D eigenvalue weighted by molar-refractivity contribution is 8.18. The molecule has 1 aliphatic rings. The Morgan fingerprint density at radius 1 is 0.973 bits per heavy atom. The molecular formula is C27H20Cl2N2O5S. The van der Waals surface area contributed by atoms with E-state index in [4.69, 9.17) is 27.9 Å².